The van der Waals surface area contributed by atoms with Crippen LogP contribution in [0.5, 0.6) is 0 Å². The topological polar surface area (TPSA) is 57.6 Å². The highest BCUT2D eigenvalue weighted by Crippen LogP contribution is 2.33. The molecule has 0 saturated carbocycles. The molecule has 0 radical (unpaired) electrons. The number of carboxylic acids is 1. The lowest BCUT2D eigenvalue weighted by Gasteiger charge is -2.36. The molecule has 0 spiro atoms. The maximum absolute atomic E-state index is 12.2. The molecule has 0 aliphatic carbocycles. The average Bonchev–Trinajstić information content (AvgIpc) is 2.14. The lowest BCUT2D eigenvalue weighted by Crippen LogP contribution is -2.49. The number of halogens is 3. The number of carbonyl (C=O) groups is 2. The Hall–Kier alpha value is -1.27. The van der Waals surface area contributed by atoms with E-state index in [-0.39, 0.29) is 19.4 Å². The predicted octanol–water partition coefficient (Wildman–Crippen LogP) is 1.65. The number of aliphatic carboxylic acids is 1. The van der Waals surface area contributed by atoms with E-state index in [1.165, 1.54) is 6.92 Å². The molecule has 1 heterocycles. The van der Waals surface area contributed by atoms with Gasteiger partial charge in [-0.25, -0.2) is 4.79 Å². The summed E-state index contributed by atoms with van der Waals surface area (Å²) in [5.41, 5.74) is 0. The van der Waals surface area contributed by atoms with E-state index in [0.29, 0.717) is 0 Å². The highest BCUT2D eigenvalue weighted by atomic mass is 19.4. The van der Waals surface area contributed by atoms with Gasteiger partial charge in [0.1, 0.15) is 6.04 Å². The summed E-state index contributed by atoms with van der Waals surface area (Å²) < 4.78 is 36.6. The molecule has 4 nitrogen and oxygen atoms in total. The van der Waals surface area contributed by atoms with Crippen molar-refractivity contribution in [3.63, 3.8) is 0 Å². The first-order chi connectivity index (χ1) is 7.70. The van der Waals surface area contributed by atoms with E-state index in [0.717, 1.165) is 4.90 Å². The van der Waals surface area contributed by atoms with Crippen LogP contribution in [0.2, 0.25) is 0 Å². The van der Waals surface area contributed by atoms with Crippen LogP contribution in [0.15, 0.2) is 0 Å². The van der Waals surface area contributed by atoms with E-state index in [1.54, 1.807) is 0 Å². The van der Waals surface area contributed by atoms with Gasteiger partial charge in [-0.05, 0) is 18.8 Å². The Labute approximate surface area is 96.4 Å². The van der Waals surface area contributed by atoms with Crippen molar-refractivity contribution in [3.05, 3.63) is 0 Å². The molecule has 7 heteroatoms. The maximum atomic E-state index is 12.2. The number of likely N-dealkylation sites (tertiary alicyclic amines) is 1. The summed E-state index contributed by atoms with van der Waals surface area (Å²) >= 11 is 0. The van der Waals surface area contributed by atoms with E-state index in [1.807, 2.05) is 0 Å². The molecular weight excluding hydrogens is 239 g/mol. The van der Waals surface area contributed by atoms with Gasteiger partial charge in [0.25, 0.3) is 0 Å². The summed E-state index contributed by atoms with van der Waals surface area (Å²) in [6, 6.07) is -1.13. The second-order valence-corrected chi connectivity index (χ2v) is 4.28. The highest BCUT2D eigenvalue weighted by molar-refractivity contribution is 5.82. The number of amides is 1. The Kier molecular flexibility index (Phi) is 4.00. The van der Waals surface area contributed by atoms with Gasteiger partial charge >= 0.3 is 12.1 Å². The minimum absolute atomic E-state index is 0.0764. The van der Waals surface area contributed by atoms with Gasteiger partial charge in [0.2, 0.25) is 5.91 Å². The normalized spacial score (nSPS) is 25.8. The summed E-state index contributed by atoms with van der Waals surface area (Å²) in [5.74, 6) is -2.37. The first-order valence-electron chi connectivity index (χ1n) is 5.27. The van der Waals surface area contributed by atoms with Crippen molar-refractivity contribution in [3.8, 4) is 0 Å². The van der Waals surface area contributed by atoms with Gasteiger partial charge < -0.3 is 10.0 Å². The molecule has 0 aromatic rings. The molecule has 2 unspecified atom stereocenters. The number of alkyl halides is 3. The summed E-state index contributed by atoms with van der Waals surface area (Å²) in [6.45, 7) is 1.30. The molecular formula is C10H14F3NO3. The molecule has 1 fully saturated rings. The van der Waals surface area contributed by atoms with Crippen molar-refractivity contribution in [2.45, 2.75) is 38.4 Å². The zero-order valence-electron chi connectivity index (χ0n) is 9.33. The minimum Gasteiger partial charge on any atom is -0.480 e. The molecule has 17 heavy (non-hydrogen) atoms. The zero-order chi connectivity index (χ0) is 13.2. The number of hydrogen-bond donors (Lipinski definition) is 1. The Morgan fingerprint density at radius 3 is 2.41 bits per heavy atom. The summed E-state index contributed by atoms with van der Waals surface area (Å²) in [5, 5.41) is 8.90. The van der Waals surface area contributed by atoms with Gasteiger partial charge in [-0.2, -0.15) is 13.2 Å². The van der Waals surface area contributed by atoms with Crippen LogP contribution >= 0.6 is 0 Å². The smallest absolute Gasteiger partial charge is 0.389 e. The lowest BCUT2D eigenvalue weighted by molar-refractivity contribution is -0.161. The van der Waals surface area contributed by atoms with Gasteiger partial charge in [-0.15, -0.1) is 0 Å². The van der Waals surface area contributed by atoms with E-state index in [2.05, 4.69) is 0 Å². The van der Waals surface area contributed by atoms with Crippen molar-refractivity contribution in [1.82, 2.24) is 4.90 Å². The van der Waals surface area contributed by atoms with Crippen LogP contribution in [0.25, 0.3) is 0 Å². The monoisotopic (exact) mass is 253 g/mol. The third-order valence-electron chi connectivity index (χ3n) is 2.92. The molecule has 1 saturated heterocycles. The number of hydrogen-bond acceptors (Lipinski definition) is 2. The fraction of sp³-hybridized carbons (Fsp3) is 0.800. The van der Waals surface area contributed by atoms with Crippen LogP contribution in [0.3, 0.4) is 0 Å². The summed E-state index contributed by atoms with van der Waals surface area (Å²) in [6.07, 6.45) is -5.20. The van der Waals surface area contributed by atoms with Crippen LogP contribution < -0.4 is 0 Å². The largest absolute Gasteiger partial charge is 0.480 e. The van der Waals surface area contributed by atoms with Gasteiger partial charge in [0.15, 0.2) is 0 Å². The lowest BCUT2D eigenvalue weighted by atomic mass is 9.88. The molecule has 1 rings (SSSR count). The van der Waals surface area contributed by atoms with Gasteiger partial charge in [0, 0.05) is 19.9 Å². The van der Waals surface area contributed by atoms with Gasteiger partial charge in [-0.3, -0.25) is 4.79 Å². The number of piperidine rings is 1. The average molecular weight is 253 g/mol. The first-order valence-corrected chi connectivity index (χ1v) is 5.27. The van der Waals surface area contributed by atoms with Crippen LogP contribution in [-0.4, -0.2) is 40.6 Å². The molecule has 98 valence electrons. The molecule has 0 bridgehead atoms. The van der Waals surface area contributed by atoms with Crippen LogP contribution in [-0.2, 0) is 9.59 Å². The third-order valence-corrected chi connectivity index (χ3v) is 2.92. The van der Waals surface area contributed by atoms with E-state index in [9.17, 15) is 22.8 Å². The molecule has 0 aromatic carbocycles. The number of nitrogens with zero attached hydrogens (tertiary/aromatic N) is 1. The zero-order valence-corrected chi connectivity index (χ0v) is 9.33. The fourth-order valence-electron chi connectivity index (χ4n) is 2.16. The predicted molar refractivity (Wildman–Crippen MR) is 52.2 cm³/mol. The van der Waals surface area contributed by atoms with Crippen molar-refractivity contribution in [1.29, 1.82) is 0 Å². The van der Waals surface area contributed by atoms with Crippen LogP contribution in [0.1, 0.15) is 26.2 Å². The van der Waals surface area contributed by atoms with E-state index >= 15 is 0 Å². The van der Waals surface area contributed by atoms with E-state index < -0.39 is 36.4 Å². The highest BCUT2D eigenvalue weighted by Gasteiger charge is 2.39. The molecule has 1 N–H and O–H groups in total. The Morgan fingerprint density at radius 1 is 1.41 bits per heavy atom. The number of carboxylic acid groups (broad SMARTS) is 1. The Bertz CT molecular complexity index is 316. The third kappa shape index (κ3) is 3.90. The van der Waals surface area contributed by atoms with E-state index in [4.69, 9.17) is 5.11 Å². The van der Waals surface area contributed by atoms with Crippen LogP contribution in [0.4, 0.5) is 13.2 Å². The van der Waals surface area contributed by atoms with Crippen molar-refractivity contribution in [2.75, 3.05) is 6.54 Å². The van der Waals surface area contributed by atoms with Crippen molar-refractivity contribution < 1.29 is 27.9 Å². The fourth-order valence-corrected chi connectivity index (χ4v) is 2.16. The number of carbonyl (C=O) groups excluding carboxylic acids is 1. The molecule has 1 aliphatic rings. The summed E-state index contributed by atoms with van der Waals surface area (Å²) in [4.78, 5) is 23.2. The number of rotatable bonds is 2. The SMILES string of the molecule is CC(=O)N1CCC(CC(F)(F)F)CC1C(=O)O. The second kappa shape index (κ2) is 4.93. The van der Waals surface area contributed by atoms with Crippen LogP contribution in [0, 0.1) is 5.92 Å². The quantitative estimate of drug-likeness (QED) is 0.814. The second-order valence-electron chi connectivity index (χ2n) is 4.28. The first kappa shape index (κ1) is 13.8. The van der Waals surface area contributed by atoms with Crippen molar-refractivity contribution >= 4 is 11.9 Å². The molecule has 0 aromatic heterocycles. The minimum atomic E-state index is -4.29. The Balaban J connectivity index is 2.69. The standard InChI is InChI=1S/C10H14F3NO3/c1-6(15)14-3-2-7(5-10(11,12)13)4-8(14)9(16)17/h7-8H,2-5H2,1H3,(H,16,17). The summed E-state index contributed by atoms with van der Waals surface area (Å²) in [7, 11) is 0. The Morgan fingerprint density at radius 2 is 2.00 bits per heavy atom. The molecule has 1 aliphatic heterocycles. The van der Waals surface area contributed by atoms with Crippen molar-refractivity contribution in [2.24, 2.45) is 5.92 Å². The molecule has 1 amide bonds. The van der Waals surface area contributed by atoms with Gasteiger partial charge in [0.05, 0.1) is 0 Å². The molecule has 2 atom stereocenters. The van der Waals surface area contributed by atoms with Gasteiger partial charge in [-0.1, -0.05) is 0 Å². The maximum Gasteiger partial charge on any atom is 0.389 e.